The van der Waals surface area contributed by atoms with Crippen LogP contribution in [-0.4, -0.2) is 75.4 Å². The molecule has 0 radical (unpaired) electrons. The van der Waals surface area contributed by atoms with Crippen LogP contribution in [0.1, 0.15) is 90.9 Å². The number of Topliss-reactive ketones (excluding diaryl/α,β-unsaturated/α-hetero) is 1. The highest BCUT2D eigenvalue weighted by Gasteiger charge is 2.38. The number of fused-ring (bicyclic) bond motifs is 1. The number of aromatic nitrogens is 1. The number of hydrogen-bond acceptors (Lipinski definition) is 5. The molecule has 1 N–H and O–H groups in total. The van der Waals surface area contributed by atoms with Crippen LogP contribution in [0.25, 0.3) is 10.9 Å². The third kappa shape index (κ3) is 8.24. The quantitative estimate of drug-likeness (QED) is 0.276. The van der Waals surface area contributed by atoms with Crippen molar-refractivity contribution in [2.24, 2.45) is 5.92 Å². The maximum atomic E-state index is 14.2. The fraction of sp³-hybridized carbons (Fsp3) is 0.625. The number of carbonyl (C=O) groups is 4. The molecule has 0 spiro atoms. The third-order valence-electron chi connectivity index (χ3n) is 8.16. The molecule has 0 aliphatic carbocycles. The topological polar surface area (TPSA) is 101 Å². The monoisotopic (exact) mass is 636 g/mol. The van der Waals surface area contributed by atoms with E-state index in [4.69, 9.17) is 27.9 Å². The number of unbranched alkanes of at least 4 members (excludes halogenated alkanes) is 1. The van der Waals surface area contributed by atoms with Crippen LogP contribution < -0.4 is 5.32 Å². The zero-order chi connectivity index (χ0) is 32.2. The number of likely N-dealkylation sites (tertiary alicyclic amines) is 1. The second kappa shape index (κ2) is 14.3. The van der Waals surface area contributed by atoms with E-state index in [1.165, 1.54) is 18.9 Å². The molecular weight excluding hydrogens is 591 g/mol. The summed E-state index contributed by atoms with van der Waals surface area (Å²) < 4.78 is 7.31. The first-order valence-corrected chi connectivity index (χ1v) is 15.9. The molecule has 1 fully saturated rings. The van der Waals surface area contributed by atoms with Gasteiger partial charge in [-0.1, -0.05) is 49.9 Å². The van der Waals surface area contributed by atoms with Crippen LogP contribution in [0.2, 0.25) is 10.2 Å². The van der Waals surface area contributed by atoms with Gasteiger partial charge in [-0.25, -0.2) is 4.79 Å². The molecule has 1 aromatic carbocycles. The minimum absolute atomic E-state index is 0.126. The number of hydrogen-bond donors (Lipinski definition) is 1. The van der Waals surface area contributed by atoms with Crippen molar-refractivity contribution >= 4 is 57.8 Å². The van der Waals surface area contributed by atoms with Gasteiger partial charge < -0.3 is 19.5 Å². The molecule has 3 amide bonds. The SMILES string of the molecule is CCCCC(C)[C@H](NC(=O)[C@H](C)N(C)C(=O)OC(C)(C)C)C(=O)N1CCC[C@H]1Cn1c(Cl)c(C(C)=O)c2cc(Cl)ccc21. The number of benzene rings is 1. The largest absolute Gasteiger partial charge is 0.444 e. The molecule has 2 aromatic rings. The first-order chi connectivity index (χ1) is 20.1. The van der Waals surface area contributed by atoms with E-state index in [9.17, 15) is 19.2 Å². The molecule has 43 heavy (non-hydrogen) atoms. The standard InChI is InChI=1S/C32H46Cl2N4O5/c1-9-10-12-19(2)27(35-29(40)20(3)36(8)31(42)43-32(5,6)7)30(41)37-16-11-13-23(37)18-38-25-15-14-22(33)17-24(25)26(21(4)39)28(38)34/h14-15,17,19-20,23,27H,9-13,16,18H2,1-8H3,(H,35,40)/t19?,20-,23-,27-/m0/s1. The Balaban J connectivity index is 1.87. The van der Waals surface area contributed by atoms with Crippen molar-refractivity contribution in [3.63, 3.8) is 0 Å². The summed E-state index contributed by atoms with van der Waals surface area (Å²) in [5, 5.41) is 4.49. The molecule has 3 rings (SSSR count). The van der Waals surface area contributed by atoms with E-state index in [0.29, 0.717) is 34.2 Å². The zero-order valence-electron chi connectivity index (χ0n) is 26.6. The van der Waals surface area contributed by atoms with E-state index in [1.807, 2.05) is 22.5 Å². The maximum Gasteiger partial charge on any atom is 0.410 e. The van der Waals surface area contributed by atoms with Crippen LogP contribution in [-0.2, 0) is 20.9 Å². The van der Waals surface area contributed by atoms with Crippen LogP contribution in [0.3, 0.4) is 0 Å². The lowest BCUT2D eigenvalue weighted by Crippen LogP contribution is -2.57. The van der Waals surface area contributed by atoms with Crippen LogP contribution in [0.4, 0.5) is 4.79 Å². The Hall–Kier alpha value is -2.78. The van der Waals surface area contributed by atoms with Gasteiger partial charge in [-0.2, -0.15) is 0 Å². The summed E-state index contributed by atoms with van der Waals surface area (Å²) in [5.41, 5.74) is 0.487. The van der Waals surface area contributed by atoms with Crippen LogP contribution in [0, 0.1) is 5.92 Å². The molecule has 9 nitrogen and oxygen atoms in total. The first-order valence-electron chi connectivity index (χ1n) is 15.1. The molecule has 1 aliphatic heterocycles. The number of nitrogens with zero attached hydrogens (tertiary/aromatic N) is 3. The van der Waals surface area contributed by atoms with Crippen molar-refractivity contribution < 1.29 is 23.9 Å². The number of ether oxygens (including phenoxy) is 1. The average molecular weight is 638 g/mol. The third-order valence-corrected chi connectivity index (χ3v) is 8.78. The Bertz CT molecular complexity index is 1350. The highest BCUT2D eigenvalue weighted by Crippen LogP contribution is 2.34. The predicted octanol–water partition coefficient (Wildman–Crippen LogP) is 6.71. The maximum absolute atomic E-state index is 14.2. The van der Waals surface area contributed by atoms with E-state index in [1.54, 1.807) is 39.8 Å². The van der Waals surface area contributed by atoms with E-state index in [0.717, 1.165) is 37.6 Å². The first kappa shape index (κ1) is 34.7. The van der Waals surface area contributed by atoms with Gasteiger partial charge in [0.2, 0.25) is 11.8 Å². The number of nitrogens with one attached hydrogen (secondary N) is 1. The Morgan fingerprint density at radius 2 is 1.84 bits per heavy atom. The molecule has 1 saturated heterocycles. The molecule has 4 atom stereocenters. The van der Waals surface area contributed by atoms with Crippen molar-refractivity contribution in [2.45, 2.75) is 111 Å². The van der Waals surface area contributed by atoms with Gasteiger partial charge >= 0.3 is 6.09 Å². The summed E-state index contributed by atoms with van der Waals surface area (Å²) >= 11 is 13.0. The van der Waals surface area contributed by atoms with Gasteiger partial charge in [-0.3, -0.25) is 19.3 Å². The van der Waals surface area contributed by atoms with Crippen molar-refractivity contribution in [3.05, 3.63) is 33.9 Å². The Kier molecular flexibility index (Phi) is 11.6. The van der Waals surface area contributed by atoms with Gasteiger partial charge in [0.05, 0.1) is 11.1 Å². The Morgan fingerprint density at radius 1 is 1.16 bits per heavy atom. The van der Waals surface area contributed by atoms with E-state index < -0.39 is 29.7 Å². The van der Waals surface area contributed by atoms with Gasteiger partial charge in [0.25, 0.3) is 0 Å². The molecule has 1 aliphatic rings. The van der Waals surface area contributed by atoms with E-state index >= 15 is 0 Å². The smallest absolute Gasteiger partial charge is 0.410 e. The molecule has 2 heterocycles. The lowest BCUT2D eigenvalue weighted by Gasteiger charge is -2.34. The molecule has 11 heteroatoms. The predicted molar refractivity (Wildman–Crippen MR) is 171 cm³/mol. The molecule has 1 aromatic heterocycles. The molecule has 1 unspecified atom stereocenters. The molecular formula is C32H46Cl2N4O5. The van der Waals surface area contributed by atoms with Crippen molar-refractivity contribution in [3.8, 4) is 0 Å². The average Bonchev–Trinajstić information content (AvgIpc) is 3.49. The van der Waals surface area contributed by atoms with Gasteiger partial charge in [0.1, 0.15) is 22.8 Å². The van der Waals surface area contributed by atoms with Gasteiger partial charge in [0.15, 0.2) is 5.78 Å². The number of rotatable bonds is 11. The van der Waals surface area contributed by atoms with Crippen molar-refractivity contribution in [1.29, 1.82) is 0 Å². The second-order valence-electron chi connectivity index (χ2n) is 12.7. The number of likely N-dealkylation sites (N-methyl/N-ethyl adjacent to an activating group) is 1. The van der Waals surface area contributed by atoms with E-state index in [2.05, 4.69) is 12.2 Å². The summed E-state index contributed by atoms with van der Waals surface area (Å²) in [6.07, 6.45) is 3.59. The Morgan fingerprint density at radius 3 is 2.44 bits per heavy atom. The molecule has 0 bridgehead atoms. The highest BCUT2D eigenvalue weighted by molar-refractivity contribution is 6.36. The van der Waals surface area contributed by atoms with Crippen molar-refractivity contribution in [2.75, 3.05) is 13.6 Å². The van der Waals surface area contributed by atoms with Gasteiger partial charge in [-0.15, -0.1) is 0 Å². The summed E-state index contributed by atoms with van der Waals surface area (Å²) in [7, 11) is 1.51. The van der Waals surface area contributed by atoms with Crippen LogP contribution >= 0.6 is 23.2 Å². The fourth-order valence-corrected chi connectivity index (χ4v) is 6.16. The van der Waals surface area contributed by atoms with Crippen LogP contribution in [0.5, 0.6) is 0 Å². The zero-order valence-corrected chi connectivity index (χ0v) is 28.1. The minimum atomic E-state index is -0.847. The fourth-order valence-electron chi connectivity index (χ4n) is 5.60. The van der Waals surface area contributed by atoms with Gasteiger partial charge in [0, 0.05) is 36.6 Å². The Labute approximate surface area is 265 Å². The van der Waals surface area contributed by atoms with Gasteiger partial charge in [-0.05, 0) is 78.0 Å². The second-order valence-corrected chi connectivity index (χ2v) is 13.5. The van der Waals surface area contributed by atoms with Crippen molar-refractivity contribution in [1.82, 2.24) is 19.7 Å². The lowest BCUT2D eigenvalue weighted by atomic mass is 9.94. The molecule has 238 valence electrons. The number of amides is 3. The minimum Gasteiger partial charge on any atom is -0.444 e. The van der Waals surface area contributed by atoms with E-state index in [-0.39, 0.29) is 23.7 Å². The summed E-state index contributed by atoms with van der Waals surface area (Å²) in [6.45, 7) is 13.4. The summed E-state index contributed by atoms with van der Waals surface area (Å²) in [6, 6.07) is 3.54. The molecule has 0 saturated carbocycles. The summed E-state index contributed by atoms with van der Waals surface area (Å²) in [4.78, 5) is 55.8. The van der Waals surface area contributed by atoms with Crippen LogP contribution in [0.15, 0.2) is 18.2 Å². The highest BCUT2D eigenvalue weighted by atomic mass is 35.5. The lowest BCUT2D eigenvalue weighted by molar-refractivity contribution is -0.139. The number of carbonyl (C=O) groups excluding carboxylic acids is 4. The normalized spacial score (nSPS) is 17.4. The number of ketones is 1. The summed E-state index contributed by atoms with van der Waals surface area (Å²) in [5.74, 6) is -0.866. The number of halogens is 2.